The molecule has 0 aromatic carbocycles. The van der Waals surface area contributed by atoms with Crippen LogP contribution in [0.2, 0.25) is 0 Å². The van der Waals surface area contributed by atoms with Crippen molar-refractivity contribution in [2.24, 2.45) is 4.99 Å². The maximum absolute atomic E-state index is 12.0. The van der Waals surface area contributed by atoms with Gasteiger partial charge in [-0.1, -0.05) is 0 Å². The zero-order valence-electron chi connectivity index (χ0n) is 15.3. The number of nitrogens with zero attached hydrogens (tertiary/aromatic N) is 2. The van der Waals surface area contributed by atoms with Gasteiger partial charge in [-0.15, -0.1) is 24.0 Å². The van der Waals surface area contributed by atoms with Crippen LogP contribution >= 0.6 is 24.0 Å². The lowest BCUT2D eigenvalue weighted by molar-refractivity contribution is -0.129. The van der Waals surface area contributed by atoms with Crippen molar-refractivity contribution in [2.75, 3.05) is 52.5 Å². The first-order chi connectivity index (χ1) is 11.8. The van der Waals surface area contributed by atoms with Crippen LogP contribution < -0.4 is 10.6 Å². The molecule has 146 valence electrons. The van der Waals surface area contributed by atoms with E-state index in [0.29, 0.717) is 26.1 Å². The highest BCUT2D eigenvalue weighted by Crippen LogP contribution is 2.09. The van der Waals surface area contributed by atoms with Gasteiger partial charge in [-0.2, -0.15) is 0 Å². The van der Waals surface area contributed by atoms with Gasteiger partial charge in [0.2, 0.25) is 5.91 Å². The van der Waals surface area contributed by atoms with Crippen LogP contribution in [0.3, 0.4) is 0 Å². The lowest BCUT2D eigenvalue weighted by Crippen LogP contribution is -2.39. The summed E-state index contributed by atoms with van der Waals surface area (Å²) < 4.78 is 11.0. The van der Waals surface area contributed by atoms with Gasteiger partial charge in [0.05, 0.1) is 12.7 Å². The standard InChI is InChI=1S/C17H32N4O3.HI/c1-2-18-17(19-8-5-12-24-15-7-13-23-14-15)20-9-6-16(22)21-10-3-4-11-21;/h15H,2-14H2,1H3,(H2,18,19,20);1H. The van der Waals surface area contributed by atoms with Gasteiger partial charge in [0.15, 0.2) is 5.96 Å². The molecule has 25 heavy (non-hydrogen) atoms. The number of nitrogens with one attached hydrogen (secondary N) is 2. The fourth-order valence-corrected chi connectivity index (χ4v) is 2.90. The molecule has 0 saturated carbocycles. The fraction of sp³-hybridized carbons (Fsp3) is 0.882. The van der Waals surface area contributed by atoms with E-state index in [1.54, 1.807) is 0 Å². The van der Waals surface area contributed by atoms with E-state index in [1.807, 2.05) is 11.8 Å². The first-order valence-corrected chi connectivity index (χ1v) is 9.29. The SMILES string of the molecule is CCNC(=NCCCOC1CCOC1)NCCC(=O)N1CCCC1.I. The van der Waals surface area contributed by atoms with E-state index in [9.17, 15) is 4.79 Å². The van der Waals surface area contributed by atoms with Gasteiger partial charge in [0.25, 0.3) is 0 Å². The van der Waals surface area contributed by atoms with Crippen molar-refractivity contribution in [3.63, 3.8) is 0 Å². The number of hydrogen-bond donors (Lipinski definition) is 2. The van der Waals surface area contributed by atoms with E-state index in [1.165, 1.54) is 0 Å². The van der Waals surface area contributed by atoms with Crippen LogP contribution in [0.4, 0.5) is 0 Å². The third-order valence-electron chi connectivity index (χ3n) is 4.25. The zero-order valence-corrected chi connectivity index (χ0v) is 17.6. The minimum absolute atomic E-state index is 0. The molecule has 8 heteroatoms. The number of amides is 1. The molecule has 0 aromatic rings. The second-order valence-corrected chi connectivity index (χ2v) is 6.24. The van der Waals surface area contributed by atoms with Crippen LogP contribution in [-0.2, 0) is 14.3 Å². The molecule has 0 bridgehead atoms. The van der Waals surface area contributed by atoms with Crippen LogP contribution in [0.25, 0.3) is 0 Å². The summed E-state index contributed by atoms with van der Waals surface area (Å²) in [6, 6.07) is 0. The summed E-state index contributed by atoms with van der Waals surface area (Å²) in [5, 5.41) is 6.45. The van der Waals surface area contributed by atoms with Gasteiger partial charge < -0.3 is 25.0 Å². The largest absolute Gasteiger partial charge is 0.379 e. The van der Waals surface area contributed by atoms with E-state index >= 15 is 0 Å². The van der Waals surface area contributed by atoms with Crippen molar-refractivity contribution in [1.82, 2.24) is 15.5 Å². The second kappa shape index (κ2) is 13.6. The van der Waals surface area contributed by atoms with Crippen molar-refractivity contribution < 1.29 is 14.3 Å². The minimum Gasteiger partial charge on any atom is -0.379 e. The lowest BCUT2D eigenvalue weighted by Gasteiger charge is -2.16. The summed E-state index contributed by atoms with van der Waals surface area (Å²) >= 11 is 0. The Kier molecular flexibility index (Phi) is 12.2. The van der Waals surface area contributed by atoms with E-state index in [-0.39, 0.29) is 36.0 Å². The third kappa shape index (κ3) is 9.05. The Balaban J connectivity index is 0.00000312. The Morgan fingerprint density at radius 2 is 2.12 bits per heavy atom. The Morgan fingerprint density at radius 3 is 2.80 bits per heavy atom. The van der Waals surface area contributed by atoms with Crippen LogP contribution in [-0.4, -0.2) is 75.4 Å². The average Bonchev–Trinajstić information content (AvgIpc) is 3.28. The molecule has 1 atom stereocenters. The molecule has 0 spiro atoms. The fourth-order valence-electron chi connectivity index (χ4n) is 2.90. The van der Waals surface area contributed by atoms with E-state index in [0.717, 1.165) is 64.5 Å². The molecular weight excluding hydrogens is 435 g/mol. The maximum Gasteiger partial charge on any atom is 0.224 e. The van der Waals surface area contributed by atoms with Crippen LogP contribution in [0.15, 0.2) is 4.99 Å². The number of ether oxygens (including phenoxy) is 2. The number of guanidine groups is 1. The lowest BCUT2D eigenvalue weighted by atomic mass is 10.3. The van der Waals surface area contributed by atoms with Crippen LogP contribution in [0, 0.1) is 0 Å². The van der Waals surface area contributed by atoms with Gasteiger partial charge in [0, 0.05) is 52.4 Å². The molecule has 2 aliphatic rings. The highest BCUT2D eigenvalue weighted by atomic mass is 127. The van der Waals surface area contributed by atoms with Crippen LogP contribution in [0.5, 0.6) is 0 Å². The number of likely N-dealkylation sites (tertiary alicyclic amines) is 1. The molecule has 7 nitrogen and oxygen atoms in total. The number of carbonyl (C=O) groups excluding carboxylic acids is 1. The Bertz CT molecular complexity index is 397. The summed E-state index contributed by atoms with van der Waals surface area (Å²) in [5.41, 5.74) is 0. The van der Waals surface area contributed by atoms with E-state index in [2.05, 4.69) is 15.6 Å². The van der Waals surface area contributed by atoms with Crippen LogP contribution in [0.1, 0.15) is 39.0 Å². The van der Waals surface area contributed by atoms with E-state index in [4.69, 9.17) is 9.47 Å². The summed E-state index contributed by atoms with van der Waals surface area (Å²) in [6.07, 6.45) is 4.95. The minimum atomic E-state index is 0. The Morgan fingerprint density at radius 1 is 1.32 bits per heavy atom. The molecule has 2 fully saturated rings. The highest BCUT2D eigenvalue weighted by molar-refractivity contribution is 14.0. The molecular formula is C17H33IN4O3. The number of aliphatic imine (C=N–C) groups is 1. The maximum atomic E-state index is 12.0. The molecule has 1 amide bonds. The molecule has 0 aliphatic carbocycles. The van der Waals surface area contributed by atoms with Crippen molar-refractivity contribution in [3.05, 3.63) is 0 Å². The third-order valence-corrected chi connectivity index (χ3v) is 4.25. The predicted octanol–water partition coefficient (Wildman–Crippen LogP) is 1.37. The molecule has 2 saturated heterocycles. The van der Waals surface area contributed by atoms with Crippen molar-refractivity contribution >= 4 is 35.8 Å². The number of carbonyl (C=O) groups is 1. The molecule has 2 heterocycles. The average molecular weight is 468 g/mol. The van der Waals surface area contributed by atoms with Crippen molar-refractivity contribution in [2.45, 2.75) is 45.1 Å². The monoisotopic (exact) mass is 468 g/mol. The smallest absolute Gasteiger partial charge is 0.224 e. The van der Waals surface area contributed by atoms with E-state index < -0.39 is 0 Å². The first-order valence-electron chi connectivity index (χ1n) is 9.29. The topological polar surface area (TPSA) is 75.2 Å². The molecule has 1 unspecified atom stereocenters. The van der Waals surface area contributed by atoms with Gasteiger partial charge >= 0.3 is 0 Å². The number of hydrogen-bond acceptors (Lipinski definition) is 4. The molecule has 0 radical (unpaired) electrons. The van der Waals surface area contributed by atoms with Crippen molar-refractivity contribution in [3.8, 4) is 0 Å². The van der Waals surface area contributed by atoms with Gasteiger partial charge in [-0.25, -0.2) is 0 Å². The Labute approximate surface area is 168 Å². The molecule has 2 aliphatic heterocycles. The summed E-state index contributed by atoms with van der Waals surface area (Å²) in [6.45, 7) is 8.26. The quantitative estimate of drug-likeness (QED) is 0.232. The normalized spacial score (nSPS) is 20.4. The van der Waals surface area contributed by atoms with Gasteiger partial charge in [-0.3, -0.25) is 9.79 Å². The molecule has 0 aromatic heterocycles. The first kappa shape index (κ1) is 22.4. The predicted molar refractivity (Wildman–Crippen MR) is 110 cm³/mol. The second-order valence-electron chi connectivity index (χ2n) is 6.24. The molecule has 2 N–H and O–H groups in total. The number of halogens is 1. The zero-order chi connectivity index (χ0) is 17.0. The summed E-state index contributed by atoms with van der Waals surface area (Å²) in [7, 11) is 0. The Hall–Kier alpha value is -0.610. The summed E-state index contributed by atoms with van der Waals surface area (Å²) in [5.74, 6) is 1.01. The highest BCUT2D eigenvalue weighted by Gasteiger charge is 2.17. The summed E-state index contributed by atoms with van der Waals surface area (Å²) in [4.78, 5) is 18.5. The van der Waals surface area contributed by atoms with Gasteiger partial charge in [-0.05, 0) is 32.6 Å². The van der Waals surface area contributed by atoms with Gasteiger partial charge in [0.1, 0.15) is 0 Å². The van der Waals surface area contributed by atoms with Crippen molar-refractivity contribution in [1.29, 1.82) is 0 Å². The number of rotatable bonds is 9. The molecule has 2 rings (SSSR count).